The summed E-state index contributed by atoms with van der Waals surface area (Å²) >= 11 is 1.50. The zero-order valence-corrected chi connectivity index (χ0v) is 7.75. The van der Waals surface area contributed by atoms with Gasteiger partial charge in [-0.2, -0.15) is 0 Å². The van der Waals surface area contributed by atoms with Gasteiger partial charge in [0.25, 0.3) is 0 Å². The summed E-state index contributed by atoms with van der Waals surface area (Å²) in [4.78, 5) is 11.0. The summed E-state index contributed by atoms with van der Waals surface area (Å²) in [5.41, 5.74) is -0.365. The van der Waals surface area contributed by atoms with Crippen molar-refractivity contribution in [2.24, 2.45) is 5.41 Å². The molecule has 0 N–H and O–H groups in total. The van der Waals surface area contributed by atoms with E-state index in [0.29, 0.717) is 5.94 Å². The van der Waals surface area contributed by atoms with Crippen LogP contribution < -0.4 is 0 Å². The van der Waals surface area contributed by atoms with Crippen LogP contribution in [0.4, 0.5) is 0 Å². The van der Waals surface area contributed by atoms with Crippen molar-refractivity contribution in [3.63, 3.8) is 0 Å². The lowest BCUT2D eigenvalue weighted by atomic mass is 9.98. The number of carbonyl (C=O) groups excluding carboxylic acids is 1. The van der Waals surface area contributed by atoms with E-state index >= 15 is 0 Å². The average Bonchev–Trinajstić information content (AvgIpc) is 1.80. The molecular formula is C7H14O2S. The number of carbonyl (C=O) groups is 1. The molecule has 0 atom stereocenters. The maximum absolute atomic E-state index is 11.0. The zero-order chi connectivity index (χ0) is 8.20. The Morgan fingerprint density at radius 3 is 2.30 bits per heavy atom. The van der Waals surface area contributed by atoms with Gasteiger partial charge in [-0.3, -0.25) is 4.79 Å². The quantitative estimate of drug-likeness (QED) is 0.458. The minimum absolute atomic E-state index is 0.137. The molecule has 2 nitrogen and oxygen atoms in total. The summed E-state index contributed by atoms with van der Waals surface area (Å²) in [6.45, 7) is 5.53. The molecule has 0 spiro atoms. The first kappa shape index (κ1) is 9.82. The molecule has 0 radical (unpaired) electrons. The van der Waals surface area contributed by atoms with Crippen molar-refractivity contribution in [2.75, 3.05) is 12.2 Å². The molecule has 60 valence electrons. The first-order valence-electron chi connectivity index (χ1n) is 3.14. The van der Waals surface area contributed by atoms with Crippen LogP contribution in [-0.4, -0.2) is 18.2 Å². The van der Waals surface area contributed by atoms with Crippen molar-refractivity contribution in [3.8, 4) is 0 Å². The molecule has 0 heterocycles. The van der Waals surface area contributed by atoms with Crippen molar-refractivity contribution in [3.05, 3.63) is 0 Å². The summed E-state index contributed by atoms with van der Waals surface area (Å²) in [5.74, 6) is 0.317. The topological polar surface area (TPSA) is 26.3 Å². The zero-order valence-electron chi connectivity index (χ0n) is 6.93. The fourth-order valence-corrected chi connectivity index (χ4v) is 0.554. The third-order valence-electron chi connectivity index (χ3n) is 0.920. The van der Waals surface area contributed by atoms with E-state index in [1.807, 2.05) is 27.0 Å². The molecule has 0 aliphatic heterocycles. The van der Waals surface area contributed by atoms with Crippen LogP contribution in [0.2, 0.25) is 0 Å². The van der Waals surface area contributed by atoms with Gasteiger partial charge in [0.05, 0.1) is 5.41 Å². The van der Waals surface area contributed by atoms with Crippen LogP contribution in [-0.2, 0) is 9.53 Å². The van der Waals surface area contributed by atoms with E-state index in [0.717, 1.165) is 0 Å². The second-order valence-corrected chi connectivity index (χ2v) is 3.90. The highest BCUT2D eigenvalue weighted by Crippen LogP contribution is 2.15. The fourth-order valence-electron chi connectivity index (χ4n) is 0.329. The Kier molecular flexibility index (Phi) is 3.79. The average molecular weight is 162 g/mol. The molecule has 0 unspecified atom stereocenters. The molecule has 0 saturated heterocycles. The SMILES string of the molecule is CSCOC(=O)C(C)(C)C. The minimum Gasteiger partial charge on any atom is -0.454 e. The molecule has 0 aromatic rings. The molecule has 0 fully saturated rings. The van der Waals surface area contributed by atoms with Crippen LogP contribution in [0.3, 0.4) is 0 Å². The van der Waals surface area contributed by atoms with Crippen LogP contribution in [0, 0.1) is 5.41 Å². The predicted octanol–water partition coefficient (Wildman–Crippen LogP) is 1.90. The number of hydrogen-bond donors (Lipinski definition) is 0. The number of hydrogen-bond acceptors (Lipinski definition) is 3. The maximum Gasteiger partial charge on any atom is 0.312 e. The second kappa shape index (κ2) is 3.86. The Hall–Kier alpha value is -0.180. The van der Waals surface area contributed by atoms with Gasteiger partial charge in [0.1, 0.15) is 5.94 Å². The molecule has 0 aliphatic rings. The van der Waals surface area contributed by atoms with Gasteiger partial charge in [0, 0.05) is 0 Å². The van der Waals surface area contributed by atoms with Crippen molar-refractivity contribution >= 4 is 17.7 Å². The Bertz CT molecular complexity index is 115. The van der Waals surface area contributed by atoms with E-state index in [4.69, 9.17) is 4.74 Å². The van der Waals surface area contributed by atoms with Crippen LogP contribution in [0.15, 0.2) is 0 Å². The lowest BCUT2D eigenvalue weighted by Crippen LogP contribution is -2.22. The molecule has 10 heavy (non-hydrogen) atoms. The number of thioether (sulfide) groups is 1. The van der Waals surface area contributed by atoms with Gasteiger partial charge in [-0.05, 0) is 27.0 Å². The third-order valence-corrected chi connectivity index (χ3v) is 1.27. The summed E-state index contributed by atoms with van der Waals surface area (Å²) in [5, 5.41) is 0. The number of rotatable bonds is 2. The molecule has 0 aromatic heterocycles. The second-order valence-electron chi connectivity index (χ2n) is 3.09. The van der Waals surface area contributed by atoms with Gasteiger partial charge in [-0.25, -0.2) is 0 Å². The highest BCUT2D eigenvalue weighted by molar-refractivity contribution is 7.98. The summed E-state index contributed by atoms with van der Waals surface area (Å²) in [6, 6.07) is 0. The van der Waals surface area contributed by atoms with Gasteiger partial charge >= 0.3 is 5.97 Å². The van der Waals surface area contributed by atoms with E-state index in [1.54, 1.807) is 0 Å². The van der Waals surface area contributed by atoms with Crippen molar-refractivity contribution in [1.29, 1.82) is 0 Å². The third kappa shape index (κ3) is 3.77. The largest absolute Gasteiger partial charge is 0.454 e. The van der Waals surface area contributed by atoms with Crippen LogP contribution in [0.1, 0.15) is 20.8 Å². The van der Waals surface area contributed by atoms with Crippen LogP contribution in [0.5, 0.6) is 0 Å². The first-order chi connectivity index (χ1) is 4.48. The number of esters is 1. The number of ether oxygens (including phenoxy) is 1. The Labute approximate surface area is 66.3 Å². The van der Waals surface area contributed by atoms with Crippen molar-refractivity contribution < 1.29 is 9.53 Å². The summed E-state index contributed by atoms with van der Waals surface area (Å²) < 4.78 is 4.88. The molecule has 0 saturated carbocycles. The molecule has 0 rings (SSSR count). The highest BCUT2D eigenvalue weighted by Gasteiger charge is 2.22. The van der Waals surface area contributed by atoms with Crippen LogP contribution in [0.25, 0.3) is 0 Å². The molecular weight excluding hydrogens is 148 g/mol. The van der Waals surface area contributed by atoms with Gasteiger partial charge < -0.3 is 4.74 Å². The maximum atomic E-state index is 11.0. The van der Waals surface area contributed by atoms with Gasteiger partial charge in [-0.15, -0.1) is 11.8 Å². The molecule has 3 heteroatoms. The van der Waals surface area contributed by atoms with E-state index < -0.39 is 0 Å². The van der Waals surface area contributed by atoms with Gasteiger partial charge in [0.2, 0.25) is 0 Å². The lowest BCUT2D eigenvalue weighted by Gasteiger charge is -2.15. The smallest absolute Gasteiger partial charge is 0.312 e. The highest BCUT2D eigenvalue weighted by atomic mass is 32.2. The minimum atomic E-state index is -0.365. The lowest BCUT2D eigenvalue weighted by molar-refractivity contribution is -0.150. The monoisotopic (exact) mass is 162 g/mol. The van der Waals surface area contributed by atoms with Gasteiger partial charge in [-0.1, -0.05) is 0 Å². The summed E-state index contributed by atoms with van der Waals surface area (Å²) in [6.07, 6.45) is 1.90. The summed E-state index contributed by atoms with van der Waals surface area (Å²) in [7, 11) is 0. The molecule has 0 bridgehead atoms. The standard InChI is InChI=1S/C7H14O2S/c1-7(2,3)6(8)9-5-10-4/h5H2,1-4H3. The van der Waals surface area contributed by atoms with Crippen molar-refractivity contribution in [1.82, 2.24) is 0 Å². The normalized spacial score (nSPS) is 11.2. The Morgan fingerprint density at radius 2 is 2.00 bits per heavy atom. The van der Waals surface area contributed by atoms with E-state index in [1.165, 1.54) is 11.8 Å². The fraction of sp³-hybridized carbons (Fsp3) is 0.857. The van der Waals surface area contributed by atoms with E-state index in [2.05, 4.69) is 0 Å². The van der Waals surface area contributed by atoms with Crippen molar-refractivity contribution in [2.45, 2.75) is 20.8 Å². The molecule has 0 aromatic carbocycles. The Morgan fingerprint density at radius 1 is 1.50 bits per heavy atom. The van der Waals surface area contributed by atoms with Crippen LogP contribution >= 0.6 is 11.8 Å². The predicted molar refractivity (Wildman–Crippen MR) is 43.9 cm³/mol. The molecule has 0 aliphatic carbocycles. The molecule has 0 amide bonds. The Balaban J connectivity index is 3.64. The van der Waals surface area contributed by atoms with E-state index in [-0.39, 0.29) is 11.4 Å². The van der Waals surface area contributed by atoms with E-state index in [9.17, 15) is 4.79 Å². The van der Waals surface area contributed by atoms with Gasteiger partial charge in [0.15, 0.2) is 0 Å². The first-order valence-corrected chi connectivity index (χ1v) is 4.54.